The Kier molecular flexibility index (Phi) is 5.59. The zero-order valence-electron chi connectivity index (χ0n) is 17.1. The molecule has 1 atom stereocenters. The molecule has 1 aliphatic rings. The van der Waals surface area contributed by atoms with Gasteiger partial charge < -0.3 is 15.0 Å². The average Bonchev–Trinajstić information content (AvgIpc) is 2.93. The Labute approximate surface area is 170 Å². The van der Waals surface area contributed by atoms with Gasteiger partial charge in [-0.05, 0) is 56.2 Å². The molecule has 1 heterocycles. The van der Waals surface area contributed by atoms with Crippen LogP contribution in [0.5, 0.6) is 5.75 Å². The number of imide groups is 1. The van der Waals surface area contributed by atoms with Crippen molar-refractivity contribution in [3.63, 3.8) is 0 Å². The minimum absolute atomic E-state index is 0.321. The first-order chi connectivity index (χ1) is 13.8. The molecule has 1 N–H and O–H groups in total. The van der Waals surface area contributed by atoms with Gasteiger partial charge >= 0.3 is 6.03 Å². The minimum Gasteiger partial charge on any atom is -0.496 e. The van der Waals surface area contributed by atoms with Crippen LogP contribution in [0.4, 0.5) is 10.5 Å². The number of likely N-dealkylation sites (N-methyl/N-ethyl adjacent to an activating group) is 1. The Morgan fingerprint density at radius 2 is 1.86 bits per heavy atom. The van der Waals surface area contributed by atoms with Gasteiger partial charge in [0.25, 0.3) is 5.91 Å². The number of anilines is 1. The Morgan fingerprint density at radius 1 is 1.17 bits per heavy atom. The fourth-order valence-electron chi connectivity index (χ4n) is 3.56. The predicted octanol–water partition coefficient (Wildman–Crippen LogP) is 2.82. The molecule has 7 nitrogen and oxygen atoms in total. The SMILES string of the molecule is CCN(C(=O)CN1C(=O)NC(C)(c2ccc(OC)c(C)c2)C1=O)c1ccccc1. The molecule has 3 rings (SSSR count). The number of carbonyl (C=O) groups is 3. The van der Waals surface area contributed by atoms with Crippen LogP contribution in [0.2, 0.25) is 0 Å². The van der Waals surface area contributed by atoms with Gasteiger partial charge in [0.2, 0.25) is 5.91 Å². The number of hydrogen-bond donors (Lipinski definition) is 1. The first-order valence-electron chi connectivity index (χ1n) is 9.46. The van der Waals surface area contributed by atoms with E-state index in [9.17, 15) is 14.4 Å². The standard InChI is InChI=1S/C22H25N3O4/c1-5-24(17-9-7-6-8-10-17)19(26)14-25-20(27)22(3,23-21(25)28)16-11-12-18(29-4)15(2)13-16/h6-13H,5,14H2,1-4H3,(H,23,28). The first kappa shape index (κ1) is 20.4. The van der Waals surface area contributed by atoms with Crippen LogP contribution >= 0.6 is 0 Å². The average molecular weight is 395 g/mol. The molecule has 0 spiro atoms. The molecule has 0 aliphatic carbocycles. The largest absolute Gasteiger partial charge is 0.496 e. The number of rotatable bonds is 6. The van der Waals surface area contributed by atoms with E-state index in [1.165, 1.54) is 0 Å². The molecule has 7 heteroatoms. The van der Waals surface area contributed by atoms with Gasteiger partial charge in [0.05, 0.1) is 7.11 Å². The molecule has 152 valence electrons. The summed E-state index contributed by atoms with van der Waals surface area (Å²) in [5.74, 6) is -0.0792. The predicted molar refractivity (Wildman–Crippen MR) is 110 cm³/mol. The molecule has 0 aromatic heterocycles. The molecule has 1 aliphatic heterocycles. The molecule has 2 aromatic carbocycles. The van der Waals surface area contributed by atoms with Crippen molar-refractivity contribution in [2.75, 3.05) is 25.1 Å². The van der Waals surface area contributed by atoms with Gasteiger partial charge in [-0.15, -0.1) is 0 Å². The topological polar surface area (TPSA) is 79.0 Å². The summed E-state index contributed by atoms with van der Waals surface area (Å²) < 4.78 is 5.27. The molecule has 1 unspecified atom stereocenters. The van der Waals surface area contributed by atoms with Crippen molar-refractivity contribution in [1.29, 1.82) is 0 Å². The molecule has 4 amide bonds. The van der Waals surface area contributed by atoms with Crippen molar-refractivity contribution < 1.29 is 19.1 Å². The van der Waals surface area contributed by atoms with Crippen molar-refractivity contribution in [2.24, 2.45) is 0 Å². The van der Waals surface area contributed by atoms with Crippen LogP contribution < -0.4 is 15.0 Å². The number of para-hydroxylation sites is 1. The molecule has 29 heavy (non-hydrogen) atoms. The van der Waals surface area contributed by atoms with E-state index in [-0.39, 0.29) is 12.5 Å². The van der Waals surface area contributed by atoms with Crippen molar-refractivity contribution in [3.05, 3.63) is 59.7 Å². The van der Waals surface area contributed by atoms with Gasteiger partial charge in [0.1, 0.15) is 17.8 Å². The molecule has 2 aromatic rings. The highest BCUT2D eigenvalue weighted by Gasteiger charge is 2.49. The number of ether oxygens (including phenoxy) is 1. The number of benzene rings is 2. The van der Waals surface area contributed by atoms with Crippen LogP contribution in [0.3, 0.4) is 0 Å². The number of carbonyl (C=O) groups excluding carboxylic acids is 3. The molecule has 0 bridgehead atoms. The number of amides is 4. The number of nitrogens with one attached hydrogen (secondary N) is 1. The van der Waals surface area contributed by atoms with Gasteiger partial charge in [-0.2, -0.15) is 0 Å². The summed E-state index contributed by atoms with van der Waals surface area (Å²) in [5.41, 5.74) is 0.974. The van der Waals surface area contributed by atoms with Crippen LogP contribution in [0, 0.1) is 6.92 Å². The summed E-state index contributed by atoms with van der Waals surface area (Å²) in [6, 6.07) is 13.9. The van der Waals surface area contributed by atoms with Crippen LogP contribution in [0.1, 0.15) is 25.0 Å². The number of methoxy groups -OCH3 is 1. The van der Waals surface area contributed by atoms with Crippen LogP contribution in [0.15, 0.2) is 48.5 Å². The Hall–Kier alpha value is -3.35. The lowest BCUT2D eigenvalue weighted by atomic mass is 9.90. The van der Waals surface area contributed by atoms with Gasteiger partial charge in [-0.1, -0.05) is 24.3 Å². The van der Waals surface area contributed by atoms with Gasteiger partial charge in [-0.25, -0.2) is 4.79 Å². The normalized spacial score (nSPS) is 18.6. The van der Waals surface area contributed by atoms with Crippen LogP contribution in [-0.2, 0) is 15.1 Å². The van der Waals surface area contributed by atoms with E-state index < -0.39 is 17.5 Å². The molecular weight excluding hydrogens is 370 g/mol. The maximum atomic E-state index is 13.1. The zero-order valence-corrected chi connectivity index (χ0v) is 17.1. The molecular formula is C22H25N3O4. The number of urea groups is 1. The fourth-order valence-corrected chi connectivity index (χ4v) is 3.56. The summed E-state index contributed by atoms with van der Waals surface area (Å²) in [6.07, 6.45) is 0. The van der Waals surface area contributed by atoms with E-state index in [1.54, 1.807) is 31.1 Å². The van der Waals surface area contributed by atoms with Crippen molar-refractivity contribution in [2.45, 2.75) is 26.3 Å². The third-order valence-electron chi connectivity index (χ3n) is 5.23. The third-order valence-corrected chi connectivity index (χ3v) is 5.23. The summed E-state index contributed by atoms with van der Waals surface area (Å²) in [6.45, 7) is 5.47. The summed E-state index contributed by atoms with van der Waals surface area (Å²) in [4.78, 5) is 41.1. The molecule has 0 saturated carbocycles. The summed E-state index contributed by atoms with van der Waals surface area (Å²) in [5, 5.41) is 2.74. The molecule has 1 saturated heterocycles. The molecule has 0 radical (unpaired) electrons. The van der Waals surface area contributed by atoms with Crippen LogP contribution in [0.25, 0.3) is 0 Å². The first-order valence-corrected chi connectivity index (χ1v) is 9.46. The van der Waals surface area contributed by atoms with E-state index in [1.807, 2.05) is 50.2 Å². The summed E-state index contributed by atoms with van der Waals surface area (Å²) in [7, 11) is 1.58. The van der Waals surface area contributed by atoms with Gasteiger partial charge in [-0.3, -0.25) is 14.5 Å². The van der Waals surface area contributed by atoms with E-state index in [0.29, 0.717) is 17.9 Å². The van der Waals surface area contributed by atoms with E-state index in [0.717, 1.165) is 16.2 Å². The molecule has 1 fully saturated rings. The monoisotopic (exact) mass is 395 g/mol. The maximum absolute atomic E-state index is 13.1. The Morgan fingerprint density at radius 3 is 2.45 bits per heavy atom. The number of aryl methyl sites for hydroxylation is 1. The van der Waals surface area contributed by atoms with E-state index in [4.69, 9.17) is 4.74 Å². The van der Waals surface area contributed by atoms with Gasteiger partial charge in [0, 0.05) is 12.2 Å². The maximum Gasteiger partial charge on any atom is 0.325 e. The second-order valence-electron chi connectivity index (χ2n) is 7.10. The van der Waals surface area contributed by atoms with Crippen molar-refractivity contribution in [1.82, 2.24) is 10.2 Å². The highest BCUT2D eigenvalue weighted by Crippen LogP contribution is 2.31. The highest BCUT2D eigenvalue weighted by atomic mass is 16.5. The Balaban J connectivity index is 1.83. The zero-order chi connectivity index (χ0) is 21.2. The fraction of sp³-hybridized carbons (Fsp3) is 0.318. The van der Waals surface area contributed by atoms with E-state index in [2.05, 4.69) is 5.32 Å². The third kappa shape index (κ3) is 3.68. The van der Waals surface area contributed by atoms with Crippen LogP contribution in [-0.4, -0.2) is 42.9 Å². The smallest absolute Gasteiger partial charge is 0.325 e. The lowest BCUT2D eigenvalue weighted by molar-refractivity contribution is -0.134. The lowest BCUT2D eigenvalue weighted by Gasteiger charge is -2.25. The van der Waals surface area contributed by atoms with Crippen molar-refractivity contribution in [3.8, 4) is 5.75 Å². The quantitative estimate of drug-likeness (QED) is 0.763. The minimum atomic E-state index is -1.24. The van der Waals surface area contributed by atoms with Crippen molar-refractivity contribution >= 4 is 23.5 Å². The second kappa shape index (κ2) is 7.95. The number of nitrogens with zero attached hydrogens (tertiary/aromatic N) is 2. The second-order valence-corrected chi connectivity index (χ2v) is 7.10. The number of hydrogen-bond acceptors (Lipinski definition) is 4. The Bertz CT molecular complexity index is 944. The summed E-state index contributed by atoms with van der Waals surface area (Å²) >= 11 is 0. The lowest BCUT2D eigenvalue weighted by Crippen LogP contribution is -2.44. The highest BCUT2D eigenvalue weighted by molar-refractivity contribution is 6.10. The van der Waals surface area contributed by atoms with E-state index >= 15 is 0 Å². The van der Waals surface area contributed by atoms with Gasteiger partial charge in [0.15, 0.2) is 0 Å².